The maximum Gasteiger partial charge on any atom is 0.414 e. The lowest BCUT2D eigenvalue weighted by Crippen LogP contribution is -2.25. The molecular formula is C23H24F2N3O6S-. The summed E-state index contributed by atoms with van der Waals surface area (Å²) in [7, 11) is 4.66. The minimum absolute atomic E-state index is 0.00106. The molecule has 1 atom stereocenters. The minimum atomic E-state index is -2.74. The van der Waals surface area contributed by atoms with Crippen LogP contribution in [0.3, 0.4) is 0 Å². The van der Waals surface area contributed by atoms with E-state index in [4.69, 9.17) is 9.15 Å². The van der Waals surface area contributed by atoms with E-state index in [1.807, 2.05) is 16.5 Å². The highest BCUT2D eigenvalue weighted by Crippen LogP contribution is 2.30. The maximum atomic E-state index is 14.9. The summed E-state index contributed by atoms with van der Waals surface area (Å²) in [5.41, 5.74) is -0.502. The molecule has 0 saturated heterocycles. The van der Waals surface area contributed by atoms with Gasteiger partial charge in [-0.3, -0.25) is 4.21 Å². The third-order valence-electron chi connectivity index (χ3n) is 5.34. The van der Waals surface area contributed by atoms with Crippen LogP contribution in [0, 0.1) is 11.6 Å². The Kier molecular flexibility index (Phi) is 8.20. The average molecular weight is 509 g/mol. The van der Waals surface area contributed by atoms with E-state index in [9.17, 15) is 27.1 Å². The van der Waals surface area contributed by atoms with Gasteiger partial charge < -0.3 is 28.2 Å². The summed E-state index contributed by atoms with van der Waals surface area (Å²) in [5, 5.41) is 0.261. The van der Waals surface area contributed by atoms with E-state index in [1.165, 1.54) is 32.3 Å². The van der Waals surface area contributed by atoms with Gasteiger partial charge in [0.25, 0.3) is 0 Å². The van der Waals surface area contributed by atoms with Crippen LogP contribution in [0.5, 0.6) is 5.75 Å². The smallest absolute Gasteiger partial charge is 0.414 e. The van der Waals surface area contributed by atoms with Gasteiger partial charge in [0.2, 0.25) is 0 Å². The molecule has 3 aromatic rings. The topological polar surface area (TPSA) is 115 Å². The Labute approximate surface area is 202 Å². The lowest BCUT2D eigenvalue weighted by Gasteiger charge is -2.19. The summed E-state index contributed by atoms with van der Waals surface area (Å²) in [4.78, 5) is 27.8. The van der Waals surface area contributed by atoms with Crippen molar-refractivity contribution in [2.45, 2.75) is 19.9 Å². The van der Waals surface area contributed by atoms with Gasteiger partial charge in [0, 0.05) is 55.3 Å². The number of halogens is 2. The summed E-state index contributed by atoms with van der Waals surface area (Å²) in [6.07, 6.45) is -1.03. The van der Waals surface area contributed by atoms with Crippen LogP contribution in [0.15, 0.2) is 39.5 Å². The second-order valence-electron chi connectivity index (χ2n) is 8.01. The standard InChI is InChI=1S/C23H25F2N3O6S/c1-5-28(4)12-16-14-10-17(24)20(34-23(30)27(2)3)11-19(14)33-22(29)15(16)9-13-7-6-8-18(21(13)25)26-35(31)32/h6-8,10-11,26H,5,9,12H2,1-4H3,(H,31,32)/p-1. The van der Waals surface area contributed by atoms with Crippen LogP contribution >= 0.6 is 0 Å². The fourth-order valence-corrected chi connectivity index (χ4v) is 3.72. The summed E-state index contributed by atoms with van der Waals surface area (Å²) >= 11 is -2.74. The second-order valence-corrected chi connectivity index (χ2v) is 8.68. The van der Waals surface area contributed by atoms with Crippen molar-refractivity contribution in [3.63, 3.8) is 0 Å². The first-order chi connectivity index (χ1) is 16.5. The Hall–Kier alpha value is -3.35. The molecule has 0 aliphatic heterocycles. The van der Waals surface area contributed by atoms with Crippen molar-refractivity contribution in [1.82, 2.24) is 9.80 Å². The van der Waals surface area contributed by atoms with Gasteiger partial charge in [0.1, 0.15) is 5.58 Å². The first-order valence-electron chi connectivity index (χ1n) is 10.5. The molecule has 9 nitrogen and oxygen atoms in total. The molecule has 3 rings (SSSR count). The first kappa shape index (κ1) is 26.3. The number of amides is 1. The zero-order valence-electron chi connectivity index (χ0n) is 19.5. The number of ether oxygens (including phenoxy) is 1. The van der Waals surface area contributed by atoms with Crippen molar-refractivity contribution >= 4 is 34.0 Å². The monoisotopic (exact) mass is 508 g/mol. The maximum absolute atomic E-state index is 14.9. The number of anilines is 1. The Morgan fingerprint density at radius 1 is 1.20 bits per heavy atom. The normalized spacial score (nSPS) is 12.1. The van der Waals surface area contributed by atoms with E-state index in [1.54, 1.807) is 7.05 Å². The zero-order valence-corrected chi connectivity index (χ0v) is 20.3. The third kappa shape index (κ3) is 6.02. The number of benzene rings is 2. The van der Waals surface area contributed by atoms with E-state index >= 15 is 0 Å². The number of nitrogens with one attached hydrogen (secondary N) is 1. The summed E-state index contributed by atoms with van der Waals surface area (Å²) in [6.45, 7) is 2.71. The van der Waals surface area contributed by atoms with Crippen LogP contribution in [0.25, 0.3) is 11.0 Å². The van der Waals surface area contributed by atoms with E-state index in [-0.39, 0.29) is 40.7 Å². The molecule has 1 heterocycles. The van der Waals surface area contributed by atoms with Gasteiger partial charge in [0.15, 0.2) is 17.4 Å². The summed E-state index contributed by atoms with van der Waals surface area (Å²) in [6, 6.07) is 6.33. The van der Waals surface area contributed by atoms with Crippen LogP contribution in [-0.2, 0) is 24.2 Å². The van der Waals surface area contributed by atoms with Crippen LogP contribution in [0.2, 0.25) is 0 Å². The van der Waals surface area contributed by atoms with Crippen molar-refractivity contribution in [3.8, 4) is 5.75 Å². The highest BCUT2D eigenvalue weighted by Gasteiger charge is 2.22. The highest BCUT2D eigenvalue weighted by molar-refractivity contribution is 7.80. The van der Waals surface area contributed by atoms with E-state index in [0.717, 1.165) is 17.0 Å². The number of hydrogen-bond donors (Lipinski definition) is 1. The number of rotatable bonds is 8. The van der Waals surface area contributed by atoms with Gasteiger partial charge in [0.05, 0.1) is 5.69 Å². The molecule has 1 aromatic heterocycles. The van der Waals surface area contributed by atoms with Crippen LogP contribution in [-0.4, -0.2) is 52.3 Å². The minimum Gasteiger partial charge on any atom is -0.755 e. The molecule has 0 saturated carbocycles. The summed E-state index contributed by atoms with van der Waals surface area (Å²) in [5.74, 6) is -2.09. The van der Waals surface area contributed by atoms with E-state index in [0.29, 0.717) is 12.1 Å². The molecule has 12 heteroatoms. The van der Waals surface area contributed by atoms with Crippen molar-refractivity contribution in [3.05, 3.63) is 69.1 Å². The molecule has 1 unspecified atom stereocenters. The Bertz CT molecular complexity index is 1350. The highest BCUT2D eigenvalue weighted by atomic mass is 32.2. The number of carbonyl (C=O) groups is 1. The van der Waals surface area contributed by atoms with Gasteiger partial charge >= 0.3 is 11.7 Å². The Morgan fingerprint density at radius 2 is 1.91 bits per heavy atom. The van der Waals surface area contributed by atoms with Crippen molar-refractivity contribution in [1.29, 1.82) is 0 Å². The number of nitrogens with zero attached hydrogens (tertiary/aromatic N) is 2. The fraction of sp³-hybridized carbons (Fsp3) is 0.304. The quantitative estimate of drug-likeness (QED) is 0.366. The summed E-state index contributed by atoms with van der Waals surface area (Å²) < 4.78 is 64.1. The fourth-order valence-electron chi connectivity index (χ4n) is 3.38. The third-order valence-corrected chi connectivity index (χ3v) is 5.73. The Balaban J connectivity index is 2.17. The molecule has 0 aliphatic rings. The molecule has 35 heavy (non-hydrogen) atoms. The van der Waals surface area contributed by atoms with Gasteiger partial charge in [-0.05, 0) is 36.9 Å². The van der Waals surface area contributed by atoms with Crippen LogP contribution in [0.1, 0.15) is 23.6 Å². The zero-order chi connectivity index (χ0) is 25.9. The predicted octanol–water partition coefficient (Wildman–Crippen LogP) is 3.38. The largest absolute Gasteiger partial charge is 0.755 e. The molecule has 0 radical (unpaired) electrons. The molecule has 0 bridgehead atoms. The van der Waals surface area contributed by atoms with Crippen LogP contribution < -0.4 is 15.1 Å². The van der Waals surface area contributed by atoms with Gasteiger partial charge in [-0.1, -0.05) is 19.1 Å². The van der Waals surface area contributed by atoms with Crippen molar-refractivity contribution in [2.24, 2.45) is 0 Å². The van der Waals surface area contributed by atoms with Gasteiger partial charge in [-0.15, -0.1) is 0 Å². The molecular weight excluding hydrogens is 484 g/mol. The number of hydrogen-bond acceptors (Lipinski definition) is 7. The lowest BCUT2D eigenvalue weighted by molar-refractivity contribution is 0.170. The Morgan fingerprint density at radius 3 is 2.54 bits per heavy atom. The van der Waals surface area contributed by atoms with Crippen molar-refractivity contribution in [2.75, 3.05) is 32.4 Å². The second kappa shape index (κ2) is 10.9. The van der Waals surface area contributed by atoms with Gasteiger partial charge in [-0.25, -0.2) is 18.4 Å². The molecule has 0 aliphatic carbocycles. The van der Waals surface area contributed by atoms with Crippen molar-refractivity contribution < 1.29 is 31.5 Å². The number of carbonyl (C=O) groups excluding carboxylic acids is 1. The SMILES string of the molecule is CCN(C)Cc1c(Cc2cccc(NS(=O)[O-])c2F)c(=O)oc2cc(OC(=O)N(C)C)c(F)cc12. The molecule has 1 N–H and O–H groups in total. The van der Waals surface area contributed by atoms with Crippen LogP contribution in [0.4, 0.5) is 19.3 Å². The molecule has 2 aromatic carbocycles. The van der Waals surface area contributed by atoms with E-state index in [2.05, 4.69) is 0 Å². The lowest BCUT2D eigenvalue weighted by atomic mass is 9.97. The first-order valence-corrected chi connectivity index (χ1v) is 11.6. The average Bonchev–Trinajstić information content (AvgIpc) is 2.79. The molecule has 1 amide bonds. The molecule has 188 valence electrons. The molecule has 0 spiro atoms. The number of fused-ring (bicyclic) bond motifs is 1. The van der Waals surface area contributed by atoms with E-state index < -0.39 is 40.4 Å². The van der Waals surface area contributed by atoms with Gasteiger partial charge in [-0.2, -0.15) is 0 Å². The predicted molar refractivity (Wildman–Crippen MR) is 126 cm³/mol. The molecule has 0 fully saturated rings.